The molecule has 15 heavy (non-hydrogen) atoms. The molecule has 1 nitrogen and oxygen atoms in total. The van der Waals surface area contributed by atoms with Crippen LogP contribution in [0.5, 0.6) is 0 Å². The molecule has 0 spiro atoms. The van der Waals surface area contributed by atoms with Gasteiger partial charge in [-0.2, -0.15) is 0 Å². The van der Waals surface area contributed by atoms with Crippen LogP contribution in [0.25, 0.3) is 0 Å². The first-order valence-corrected chi connectivity index (χ1v) is 6.98. The van der Waals surface area contributed by atoms with Gasteiger partial charge in [0.25, 0.3) is 0 Å². The van der Waals surface area contributed by atoms with E-state index in [9.17, 15) is 0 Å². The van der Waals surface area contributed by atoms with E-state index in [4.69, 9.17) is 0 Å². The van der Waals surface area contributed by atoms with Gasteiger partial charge in [0.1, 0.15) is 0 Å². The summed E-state index contributed by atoms with van der Waals surface area (Å²) >= 11 is 0. The van der Waals surface area contributed by atoms with Gasteiger partial charge in [0.05, 0.1) is 0 Å². The summed E-state index contributed by atoms with van der Waals surface area (Å²) in [5, 5.41) is 0. The highest BCUT2D eigenvalue weighted by atomic mass is 15.2. The quantitative estimate of drug-likeness (QED) is 0.494. The van der Waals surface area contributed by atoms with Crippen molar-refractivity contribution in [2.24, 2.45) is 17.8 Å². The zero-order valence-electron chi connectivity index (χ0n) is 10.5. The summed E-state index contributed by atoms with van der Waals surface area (Å²) in [6, 6.07) is 0. The Morgan fingerprint density at radius 1 is 1.07 bits per heavy atom. The fourth-order valence-electron chi connectivity index (χ4n) is 3.19. The number of hydrogen-bond donors (Lipinski definition) is 0. The van der Waals surface area contributed by atoms with Gasteiger partial charge in [-0.25, -0.2) is 0 Å². The molecule has 1 heterocycles. The summed E-state index contributed by atoms with van der Waals surface area (Å²) < 4.78 is 0. The Morgan fingerprint density at radius 2 is 1.87 bits per heavy atom. The van der Waals surface area contributed by atoms with Crippen molar-refractivity contribution >= 4 is 0 Å². The average molecular weight is 209 g/mol. The lowest BCUT2D eigenvalue weighted by molar-refractivity contribution is 0.190. The van der Waals surface area contributed by atoms with Gasteiger partial charge in [0.2, 0.25) is 0 Å². The standard InChI is InChI=1S/C14H27N/c1-12-6-7-14(13(2)11-12)5-3-4-8-15-9-10-15/h12-14H,3-11H2,1-2H3/t12-,13+,14-/m1/s1. The molecule has 1 heteroatoms. The Hall–Kier alpha value is -0.0400. The maximum absolute atomic E-state index is 2.55. The Balaban J connectivity index is 1.56. The summed E-state index contributed by atoms with van der Waals surface area (Å²) in [4.78, 5) is 2.55. The molecule has 0 radical (unpaired) electrons. The molecule has 1 saturated carbocycles. The van der Waals surface area contributed by atoms with Crippen LogP contribution >= 0.6 is 0 Å². The molecule has 0 aromatic carbocycles. The minimum Gasteiger partial charge on any atom is -0.301 e. The third-order valence-corrected chi connectivity index (χ3v) is 4.45. The smallest absolute Gasteiger partial charge is 0.0110 e. The summed E-state index contributed by atoms with van der Waals surface area (Å²) in [5.74, 6) is 3.04. The zero-order chi connectivity index (χ0) is 10.7. The maximum atomic E-state index is 2.55. The van der Waals surface area contributed by atoms with E-state index >= 15 is 0 Å². The first-order valence-electron chi connectivity index (χ1n) is 6.98. The van der Waals surface area contributed by atoms with E-state index in [1.165, 1.54) is 58.2 Å². The van der Waals surface area contributed by atoms with Crippen molar-refractivity contribution in [3.05, 3.63) is 0 Å². The summed E-state index contributed by atoms with van der Waals surface area (Å²) in [5.41, 5.74) is 0. The van der Waals surface area contributed by atoms with Crippen LogP contribution in [0.4, 0.5) is 0 Å². The fraction of sp³-hybridized carbons (Fsp3) is 1.00. The summed E-state index contributed by atoms with van der Waals surface area (Å²) in [7, 11) is 0. The molecule has 3 atom stereocenters. The Morgan fingerprint density at radius 3 is 2.53 bits per heavy atom. The molecule has 0 N–H and O–H groups in total. The largest absolute Gasteiger partial charge is 0.301 e. The number of hydrogen-bond acceptors (Lipinski definition) is 1. The van der Waals surface area contributed by atoms with Crippen molar-refractivity contribution in [1.82, 2.24) is 4.90 Å². The normalized spacial score (nSPS) is 36.8. The molecule has 1 aliphatic carbocycles. The Bertz CT molecular complexity index is 186. The van der Waals surface area contributed by atoms with Crippen LogP contribution < -0.4 is 0 Å². The molecule has 88 valence electrons. The van der Waals surface area contributed by atoms with Crippen molar-refractivity contribution in [1.29, 1.82) is 0 Å². The van der Waals surface area contributed by atoms with Gasteiger partial charge >= 0.3 is 0 Å². The predicted octanol–water partition coefficient (Wildman–Crippen LogP) is 3.54. The molecule has 0 aromatic rings. The van der Waals surface area contributed by atoms with Crippen LogP contribution in [0, 0.1) is 17.8 Å². The highest BCUT2D eigenvalue weighted by molar-refractivity contribution is 4.76. The van der Waals surface area contributed by atoms with Crippen LogP contribution in [0.2, 0.25) is 0 Å². The SMILES string of the molecule is C[C@@H]1CC[C@@H](CCCCN2CC2)[C@@H](C)C1. The molecule has 0 bridgehead atoms. The maximum Gasteiger partial charge on any atom is 0.0110 e. The fourth-order valence-corrected chi connectivity index (χ4v) is 3.19. The Labute approximate surface area is 95.2 Å². The van der Waals surface area contributed by atoms with E-state index in [0.29, 0.717) is 0 Å². The van der Waals surface area contributed by atoms with Gasteiger partial charge in [0, 0.05) is 13.1 Å². The molecule has 2 fully saturated rings. The predicted molar refractivity (Wildman–Crippen MR) is 66.0 cm³/mol. The van der Waals surface area contributed by atoms with Gasteiger partial charge in [0.15, 0.2) is 0 Å². The molecular weight excluding hydrogens is 182 g/mol. The van der Waals surface area contributed by atoms with Gasteiger partial charge < -0.3 is 4.90 Å². The van der Waals surface area contributed by atoms with Crippen molar-refractivity contribution in [2.45, 2.75) is 52.4 Å². The average Bonchev–Trinajstić information content (AvgIpc) is 2.99. The van der Waals surface area contributed by atoms with Crippen LogP contribution in [0.1, 0.15) is 52.4 Å². The van der Waals surface area contributed by atoms with Crippen molar-refractivity contribution < 1.29 is 0 Å². The first kappa shape index (κ1) is 11.4. The van der Waals surface area contributed by atoms with E-state index in [1.54, 1.807) is 0 Å². The third kappa shape index (κ3) is 3.79. The topological polar surface area (TPSA) is 3.01 Å². The second-order valence-corrected chi connectivity index (χ2v) is 5.99. The van der Waals surface area contributed by atoms with E-state index in [0.717, 1.165) is 17.8 Å². The zero-order valence-corrected chi connectivity index (χ0v) is 10.5. The lowest BCUT2D eigenvalue weighted by atomic mass is 9.74. The number of nitrogens with zero attached hydrogens (tertiary/aromatic N) is 1. The van der Waals surface area contributed by atoms with Crippen molar-refractivity contribution in [3.8, 4) is 0 Å². The lowest BCUT2D eigenvalue weighted by Gasteiger charge is -2.32. The van der Waals surface area contributed by atoms with Gasteiger partial charge in [-0.1, -0.05) is 33.1 Å². The Kier molecular flexibility index (Phi) is 4.07. The van der Waals surface area contributed by atoms with Gasteiger partial charge in [-0.05, 0) is 43.6 Å². The minimum atomic E-state index is 0.994. The van der Waals surface area contributed by atoms with Crippen LogP contribution in [-0.2, 0) is 0 Å². The van der Waals surface area contributed by atoms with Gasteiger partial charge in [-0.15, -0.1) is 0 Å². The summed E-state index contributed by atoms with van der Waals surface area (Å²) in [6.45, 7) is 9.02. The number of unbranched alkanes of at least 4 members (excludes halogenated alkanes) is 1. The molecule has 0 amide bonds. The third-order valence-electron chi connectivity index (χ3n) is 4.45. The monoisotopic (exact) mass is 209 g/mol. The van der Waals surface area contributed by atoms with Crippen molar-refractivity contribution in [3.63, 3.8) is 0 Å². The van der Waals surface area contributed by atoms with Gasteiger partial charge in [-0.3, -0.25) is 0 Å². The molecule has 2 rings (SSSR count). The second-order valence-electron chi connectivity index (χ2n) is 5.99. The first-order chi connectivity index (χ1) is 7.25. The number of rotatable bonds is 5. The molecular formula is C14H27N. The van der Waals surface area contributed by atoms with Crippen LogP contribution in [-0.4, -0.2) is 24.5 Å². The van der Waals surface area contributed by atoms with Crippen molar-refractivity contribution in [2.75, 3.05) is 19.6 Å². The van der Waals surface area contributed by atoms with E-state index in [2.05, 4.69) is 18.7 Å². The summed E-state index contributed by atoms with van der Waals surface area (Å²) in [6.07, 6.45) is 8.89. The molecule has 1 saturated heterocycles. The molecule has 0 aromatic heterocycles. The highest BCUT2D eigenvalue weighted by Crippen LogP contribution is 2.36. The molecule has 2 aliphatic rings. The second kappa shape index (κ2) is 5.34. The van der Waals surface area contributed by atoms with E-state index < -0.39 is 0 Å². The minimum absolute atomic E-state index is 0.994. The van der Waals surface area contributed by atoms with E-state index in [1.807, 2.05) is 0 Å². The molecule has 0 unspecified atom stereocenters. The van der Waals surface area contributed by atoms with Crippen LogP contribution in [0.15, 0.2) is 0 Å². The molecule has 1 aliphatic heterocycles. The highest BCUT2D eigenvalue weighted by Gasteiger charge is 2.24. The van der Waals surface area contributed by atoms with E-state index in [-0.39, 0.29) is 0 Å². The van der Waals surface area contributed by atoms with Crippen LogP contribution in [0.3, 0.4) is 0 Å². The lowest BCUT2D eigenvalue weighted by Crippen LogP contribution is -2.21.